The van der Waals surface area contributed by atoms with Gasteiger partial charge in [0, 0.05) is 37.9 Å². The van der Waals surface area contributed by atoms with Gasteiger partial charge in [0.05, 0.1) is 0 Å². The lowest BCUT2D eigenvalue weighted by Crippen LogP contribution is -2.48. The molecule has 2 fully saturated rings. The molecule has 0 amide bonds. The van der Waals surface area contributed by atoms with E-state index in [-0.39, 0.29) is 5.82 Å². The molecule has 1 aliphatic carbocycles. The van der Waals surface area contributed by atoms with E-state index in [1.54, 1.807) is 12.1 Å². The summed E-state index contributed by atoms with van der Waals surface area (Å²) in [7, 11) is 0. The number of piperazine rings is 1. The standard InChI is InChI=1S/C27H29FN2/c28-25-14-10-21(11-15-25)20-24-8-4-5-9-26(24)29-16-18-30(19-17-29)27(23-12-13-23)22-6-2-1-3-7-22/h1-11,14-15,23,27H,12-13,16-20H2. The molecule has 5 rings (SSSR count). The number of nitrogens with zero attached hydrogens (tertiary/aromatic N) is 2. The third-order valence-electron chi connectivity index (χ3n) is 6.56. The van der Waals surface area contributed by atoms with Crippen LogP contribution in [0.25, 0.3) is 0 Å². The zero-order valence-electron chi connectivity index (χ0n) is 17.4. The maximum atomic E-state index is 13.3. The van der Waals surface area contributed by atoms with Crippen molar-refractivity contribution in [1.82, 2.24) is 4.90 Å². The van der Waals surface area contributed by atoms with E-state index in [0.717, 1.165) is 44.1 Å². The summed E-state index contributed by atoms with van der Waals surface area (Å²) in [5, 5.41) is 0. The quantitative estimate of drug-likeness (QED) is 0.524. The van der Waals surface area contributed by atoms with Gasteiger partial charge >= 0.3 is 0 Å². The number of rotatable bonds is 6. The van der Waals surface area contributed by atoms with E-state index < -0.39 is 0 Å². The van der Waals surface area contributed by atoms with Crippen LogP contribution in [0.2, 0.25) is 0 Å². The third-order valence-corrected chi connectivity index (χ3v) is 6.56. The second kappa shape index (κ2) is 8.61. The van der Waals surface area contributed by atoms with Gasteiger partial charge in [-0.3, -0.25) is 4.90 Å². The molecule has 2 aliphatic rings. The van der Waals surface area contributed by atoms with Gasteiger partial charge in [-0.05, 0) is 60.1 Å². The predicted molar refractivity (Wildman–Crippen MR) is 121 cm³/mol. The lowest BCUT2D eigenvalue weighted by Gasteiger charge is -2.41. The molecule has 30 heavy (non-hydrogen) atoms. The minimum atomic E-state index is -0.174. The first-order valence-corrected chi connectivity index (χ1v) is 11.1. The Bertz CT molecular complexity index is 958. The van der Waals surface area contributed by atoms with E-state index >= 15 is 0 Å². The van der Waals surface area contributed by atoms with Crippen molar-refractivity contribution in [3.63, 3.8) is 0 Å². The van der Waals surface area contributed by atoms with Crippen molar-refractivity contribution >= 4 is 5.69 Å². The fraction of sp³-hybridized carbons (Fsp3) is 0.333. The van der Waals surface area contributed by atoms with Crippen molar-refractivity contribution < 1.29 is 4.39 Å². The Labute approximate surface area is 179 Å². The molecule has 3 heteroatoms. The molecule has 0 radical (unpaired) electrons. The monoisotopic (exact) mass is 400 g/mol. The van der Waals surface area contributed by atoms with Gasteiger partial charge in [-0.1, -0.05) is 60.7 Å². The van der Waals surface area contributed by atoms with Gasteiger partial charge in [0.15, 0.2) is 0 Å². The van der Waals surface area contributed by atoms with Crippen LogP contribution in [0, 0.1) is 11.7 Å². The molecule has 1 heterocycles. The average Bonchev–Trinajstić information content (AvgIpc) is 3.62. The number of para-hydroxylation sites is 1. The highest BCUT2D eigenvalue weighted by molar-refractivity contribution is 5.55. The number of benzene rings is 3. The normalized spacial score (nSPS) is 18.4. The van der Waals surface area contributed by atoms with Crippen molar-refractivity contribution in [1.29, 1.82) is 0 Å². The van der Waals surface area contributed by atoms with Crippen LogP contribution in [-0.4, -0.2) is 31.1 Å². The molecule has 1 atom stereocenters. The second-order valence-corrected chi connectivity index (χ2v) is 8.65. The van der Waals surface area contributed by atoms with Crippen LogP contribution in [0.5, 0.6) is 0 Å². The van der Waals surface area contributed by atoms with E-state index in [2.05, 4.69) is 64.4 Å². The minimum absolute atomic E-state index is 0.174. The molecule has 1 saturated carbocycles. The Hall–Kier alpha value is -2.65. The molecule has 0 aromatic heterocycles. The molecule has 0 spiro atoms. The molecule has 1 unspecified atom stereocenters. The maximum Gasteiger partial charge on any atom is 0.123 e. The molecule has 0 N–H and O–H groups in total. The van der Waals surface area contributed by atoms with E-state index in [1.807, 2.05) is 12.1 Å². The topological polar surface area (TPSA) is 6.48 Å². The molecule has 1 aliphatic heterocycles. The highest BCUT2D eigenvalue weighted by atomic mass is 19.1. The number of anilines is 1. The van der Waals surface area contributed by atoms with E-state index in [9.17, 15) is 4.39 Å². The Kier molecular flexibility index (Phi) is 5.54. The first kappa shape index (κ1) is 19.3. The molecule has 2 nitrogen and oxygen atoms in total. The zero-order chi connectivity index (χ0) is 20.3. The van der Waals surface area contributed by atoms with Crippen LogP contribution in [-0.2, 0) is 6.42 Å². The second-order valence-electron chi connectivity index (χ2n) is 8.65. The molecule has 0 bridgehead atoms. The molecular weight excluding hydrogens is 371 g/mol. The average molecular weight is 401 g/mol. The Morgan fingerprint density at radius 2 is 1.43 bits per heavy atom. The molecular formula is C27H29FN2. The van der Waals surface area contributed by atoms with Gasteiger partial charge in [-0.15, -0.1) is 0 Å². The first-order valence-electron chi connectivity index (χ1n) is 11.1. The minimum Gasteiger partial charge on any atom is -0.369 e. The Balaban J connectivity index is 1.29. The lowest BCUT2D eigenvalue weighted by atomic mass is 9.99. The van der Waals surface area contributed by atoms with Crippen LogP contribution in [0.3, 0.4) is 0 Å². The van der Waals surface area contributed by atoms with E-state index in [0.29, 0.717) is 6.04 Å². The molecule has 154 valence electrons. The van der Waals surface area contributed by atoms with Crippen molar-refractivity contribution in [2.24, 2.45) is 5.92 Å². The van der Waals surface area contributed by atoms with Gasteiger partial charge < -0.3 is 4.90 Å². The van der Waals surface area contributed by atoms with Crippen LogP contribution >= 0.6 is 0 Å². The zero-order valence-corrected chi connectivity index (χ0v) is 17.4. The van der Waals surface area contributed by atoms with Gasteiger partial charge in [-0.2, -0.15) is 0 Å². The van der Waals surface area contributed by atoms with Crippen LogP contribution in [0.1, 0.15) is 35.6 Å². The van der Waals surface area contributed by atoms with Gasteiger partial charge in [0.2, 0.25) is 0 Å². The van der Waals surface area contributed by atoms with Gasteiger partial charge in [0.1, 0.15) is 5.82 Å². The van der Waals surface area contributed by atoms with Gasteiger partial charge in [-0.25, -0.2) is 4.39 Å². The summed E-state index contributed by atoms with van der Waals surface area (Å²) in [5.74, 6) is 0.650. The lowest BCUT2D eigenvalue weighted by molar-refractivity contribution is 0.167. The third kappa shape index (κ3) is 4.27. The summed E-state index contributed by atoms with van der Waals surface area (Å²) >= 11 is 0. The van der Waals surface area contributed by atoms with E-state index in [4.69, 9.17) is 0 Å². The van der Waals surface area contributed by atoms with Crippen molar-refractivity contribution in [2.75, 3.05) is 31.1 Å². The largest absolute Gasteiger partial charge is 0.369 e. The number of halogens is 1. The van der Waals surface area contributed by atoms with Crippen molar-refractivity contribution in [2.45, 2.75) is 25.3 Å². The van der Waals surface area contributed by atoms with Crippen molar-refractivity contribution in [3.05, 3.63) is 101 Å². The molecule has 3 aromatic carbocycles. The number of hydrogen-bond acceptors (Lipinski definition) is 2. The van der Waals surface area contributed by atoms with Crippen LogP contribution in [0.15, 0.2) is 78.9 Å². The Morgan fingerprint density at radius 1 is 0.767 bits per heavy atom. The summed E-state index contributed by atoms with van der Waals surface area (Å²) in [5.41, 5.74) is 5.27. The van der Waals surface area contributed by atoms with Crippen molar-refractivity contribution in [3.8, 4) is 0 Å². The summed E-state index contributed by atoms with van der Waals surface area (Å²) in [6.07, 6.45) is 3.56. The highest BCUT2D eigenvalue weighted by Crippen LogP contribution is 2.45. The molecule has 3 aromatic rings. The fourth-order valence-corrected chi connectivity index (χ4v) is 4.88. The van der Waals surface area contributed by atoms with Crippen LogP contribution in [0.4, 0.5) is 10.1 Å². The highest BCUT2D eigenvalue weighted by Gasteiger charge is 2.37. The number of hydrogen-bond donors (Lipinski definition) is 0. The van der Waals surface area contributed by atoms with Crippen LogP contribution < -0.4 is 4.90 Å². The maximum absolute atomic E-state index is 13.3. The first-order chi connectivity index (χ1) is 14.8. The summed E-state index contributed by atoms with van der Waals surface area (Å²) in [4.78, 5) is 5.23. The fourth-order valence-electron chi connectivity index (χ4n) is 4.88. The Morgan fingerprint density at radius 3 is 2.13 bits per heavy atom. The summed E-state index contributed by atoms with van der Waals surface area (Å²) in [6.45, 7) is 4.30. The van der Waals surface area contributed by atoms with E-state index in [1.165, 1.54) is 29.7 Å². The predicted octanol–water partition coefficient (Wildman–Crippen LogP) is 5.69. The molecule has 1 saturated heterocycles. The van der Waals surface area contributed by atoms with Gasteiger partial charge in [0.25, 0.3) is 0 Å². The summed E-state index contributed by atoms with van der Waals surface area (Å²) in [6, 6.07) is 27.2. The summed E-state index contributed by atoms with van der Waals surface area (Å²) < 4.78 is 13.3. The smallest absolute Gasteiger partial charge is 0.123 e. The SMILES string of the molecule is Fc1ccc(Cc2ccccc2N2CCN(C(c3ccccc3)C3CC3)CC2)cc1.